The van der Waals surface area contributed by atoms with E-state index in [2.05, 4.69) is 0 Å². The lowest BCUT2D eigenvalue weighted by atomic mass is 10.2. The van der Waals surface area contributed by atoms with Crippen LogP contribution < -0.4 is 10.5 Å². The second kappa shape index (κ2) is 6.24. The van der Waals surface area contributed by atoms with Crippen molar-refractivity contribution in [2.75, 3.05) is 6.61 Å². The van der Waals surface area contributed by atoms with Gasteiger partial charge in [-0.15, -0.1) is 0 Å². The van der Waals surface area contributed by atoms with Gasteiger partial charge in [0.15, 0.2) is 0 Å². The predicted octanol–water partition coefficient (Wildman–Crippen LogP) is 3.70. The van der Waals surface area contributed by atoms with Gasteiger partial charge in [0.05, 0.1) is 12.2 Å². The second-order valence-corrected chi connectivity index (χ2v) is 4.45. The van der Waals surface area contributed by atoms with Gasteiger partial charge in [0, 0.05) is 11.4 Å². The average Bonchev–Trinajstić information content (AvgIpc) is 2.22. The maximum Gasteiger partial charge on any atom is 0.389 e. The van der Waals surface area contributed by atoms with Crippen molar-refractivity contribution in [3.8, 4) is 5.75 Å². The summed E-state index contributed by atoms with van der Waals surface area (Å²) in [7, 11) is 0. The van der Waals surface area contributed by atoms with E-state index < -0.39 is 12.6 Å². The number of halogens is 4. The summed E-state index contributed by atoms with van der Waals surface area (Å²) in [6.45, 7) is -0.0739. The Kier molecular flexibility index (Phi) is 5.22. The summed E-state index contributed by atoms with van der Waals surface area (Å²) in [4.78, 5) is 0.109. The Bertz CT molecular complexity index is 437. The fourth-order valence-electron chi connectivity index (χ4n) is 1.27. The number of alkyl halides is 3. The SMILES string of the molecule is NC(=S)c1ccc(Cl)cc1OCCCC(F)(F)F. The highest BCUT2D eigenvalue weighted by Gasteiger charge is 2.26. The van der Waals surface area contributed by atoms with Gasteiger partial charge >= 0.3 is 6.18 Å². The van der Waals surface area contributed by atoms with Crippen LogP contribution in [-0.4, -0.2) is 17.8 Å². The van der Waals surface area contributed by atoms with E-state index in [0.717, 1.165) is 0 Å². The van der Waals surface area contributed by atoms with Crippen LogP contribution in [0.25, 0.3) is 0 Å². The van der Waals surface area contributed by atoms with E-state index in [1.54, 1.807) is 12.1 Å². The lowest BCUT2D eigenvalue weighted by Crippen LogP contribution is -2.13. The predicted molar refractivity (Wildman–Crippen MR) is 68.1 cm³/mol. The highest BCUT2D eigenvalue weighted by molar-refractivity contribution is 7.80. The van der Waals surface area contributed by atoms with Crippen molar-refractivity contribution < 1.29 is 17.9 Å². The van der Waals surface area contributed by atoms with Crippen LogP contribution in [0.2, 0.25) is 5.02 Å². The van der Waals surface area contributed by atoms with Gasteiger partial charge in [0.1, 0.15) is 10.7 Å². The van der Waals surface area contributed by atoms with E-state index in [1.807, 2.05) is 0 Å². The first-order valence-electron chi connectivity index (χ1n) is 5.08. The molecule has 100 valence electrons. The normalized spacial score (nSPS) is 11.3. The molecular formula is C11H11ClF3NOS. The number of hydrogen-bond donors (Lipinski definition) is 1. The minimum absolute atomic E-state index is 0.0739. The third kappa shape index (κ3) is 5.10. The first-order chi connectivity index (χ1) is 8.29. The zero-order valence-electron chi connectivity index (χ0n) is 9.26. The molecule has 2 N–H and O–H groups in total. The summed E-state index contributed by atoms with van der Waals surface area (Å²) in [5, 5.41) is 0.404. The zero-order valence-corrected chi connectivity index (χ0v) is 10.8. The van der Waals surface area contributed by atoms with Crippen molar-refractivity contribution in [3.63, 3.8) is 0 Å². The maximum atomic E-state index is 11.9. The van der Waals surface area contributed by atoms with E-state index in [0.29, 0.717) is 16.3 Å². The van der Waals surface area contributed by atoms with Gasteiger partial charge in [-0.05, 0) is 24.6 Å². The summed E-state index contributed by atoms with van der Waals surface area (Å²) in [5.41, 5.74) is 5.93. The van der Waals surface area contributed by atoms with Gasteiger partial charge in [-0.1, -0.05) is 23.8 Å². The molecule has 18 heavy (non-hydrogen) atoms. The number of hydrogen-bond acceptors (Lipinski definition) is 2. The third-order valence-electron chi connectivity index (χ3n) is 2.07. The number of thiocarbonyl (C=S) groups is 1. The van der Waals surface area contributed by atoms with Gasteiger partial charge in [0.25, 0.3) is 0 Å². The maximum absolute atomic E-state index is 11.9. The molecule has 0 aromatic heterocycles. The Morgan fingerprint density at radius 2 is 2.06 bits per heavy atom. The van der Waals surface area contributed by atoms with E-state index in [1.165, 1.54) is 6.07 Å². The molecule has 2 nitrogen and oxygen atoms in total. The Balaban J connectivity index is 2.61. The summed E-state index contributed by atoms with van der Waals surface area (Å²) < 4.78 is 41.0. The Labute approximate surface area is 113 Å². The number of ether oxygens (including phenoxy) is 1. The van der Waals surface area contributed by atoms with Crippen molar-refractivity contribution in [3.05, 3.63) is 28.8 Å². The van der Waals surface area contributed by atoms with Gasteiger partial charge in [0.2, 0.25) is 0 Å². The minimum atomic E-state index is -4.18. The smallest absolute Gasteiger partial charge is 0.389 e. The monoisotopic (exact) mass is 297 g/mol. The molecule has 0 saturated carbocycles. The Morgan fingerprint density at radius 3 is 2.61 bits per heavy atom. The van der Waals surface area contributed by atoms with Crippen LogP contribution in [0, 0.1) is 0 Å². The van der Waals surface area contributed by atoms with E-state index in [-0.39, 0.29) is 18.0 Å². The van der Waals surface area contributed by atoms with Crippen LogP contribution in [0.3, 0.4) is 0 Å². The highest BCUT2D eigenvalue weighted by Crippen LogP contribution is 2.25. The van der Waals surface area contributed by atoms with Gasteiger partial charge < -0.3 is 10.5 Å². The van der Waals surface area contributed by atoms with Crippen molar-refractivity contribution in [2.24, 2.45) is 5.73 Å². The molecule has 0 aliphatic carbocycles. The van der Waals surface area contributed by atoms with Crippen molar-refractivity contribution in [2.45, 2.75) is 19.0 Å². The Hall–Kier alpha value is -1.01. The molecule has 0 bridgehead atoms. The highest BCUT2D eigenvalue weighted by atomic mass is 35.5. The summed E-state index contributed by atoms with van der Waals surface area (Å²) in [5.74, 6) is 0.303. The molecule has 0 aliphatic rings. The van der Waals surface area contributed by atoms with Crippen LogP contribution >= 0.6 is 23.8 Å². The molecule has 0 fully saturated rings. The third-order valence-corrected chi connectivity index (χ3v) is 2.53. The average molecular weight is 298 g/mol. The molecule has 0 radical (unpaired) electrons. The first kappa shape index (κ1) is 15.0. The van der Waals surface area contributed by atoms with Crippen molar-refractivity contribution in [1.29, 1.82) is 0 Å². The summed E-state index contributed by atoms with van der Waals surface area (Å²) in [6, 6.07) is 4.63. The van der Waals surface area contributed by atoms with Crippen LogP contribution in [0.4, 0.5) is 13.2 Å². The molecule has 1 aromatic carbocycles. The van der Waals surface area contributed by atoms with Crippen LogP contribution in [0.1, 0.15) is 18.4 Å². The Morgan fingerprint density at radius 1 is 1.39 bits per heavy atom. The number of rotatable bonds is 5. The number of nitrogens with two attached hydrogens (primary N) is 1. The fraction of sp³-hybridized carbons (Fsp3) is 0.364. The molecule has 0 spiro atoms. The quantitative estimate of drug-likeness (QED) is 0.665. The van der Waals surface area contributed by atoms with Crippen LogP contribution in [-0.2, 0) is 0 Å². The standard InChI is InChI=1S/C11H11ClF3NOS/c12-7-2-3-8(10(16)18)9(6-7)17-5-1-4-11(13,14)15/h2-3,6H,1,4-5H2,(H2,16,18). The molecule has 0 amide bonds. The summed E-state index contributed by atoms with van der Waals surface area (Å²) in [6.07, 6.45) is -5.20. The molecule has 0 heterocycles. The van der Waals surface area contributed by atoms with E-state index >= 15 is 0 Å². The summed E-state index contributed by atoms with van der Waals surface area (Å²) >= 11 is 10.6. The van der Waals surface area contributed by atoms with Crippen LogP contribution in [0.15, 0.2) is 18.2 Å². The van der Waals surface area contributed by atoms with Crippen LogP contribution in [0.5, 0.6) is 5.75 Å². The molecule has 0 unspecified atom stereocenters. The lowest BCUT2D eigenvalue weighted by Gasteiger charge is -2.11. The molecule has 0 atom stereocenters. The van der Waals surface area contributed by atoms with Gasteiger partial charge in [-0.2, -0.15) is 13.2 Å². The molecule has 1 aromatic rings. The molecule has 1 rings (SSSR count). The van der Waals surface area contributed by atoms with Gasteiger partial charge in [-0.25, -0.2) is 0 Å². The fourth-order valence-corrected chi connectivity index (χ4v) is 1.60. The van der Waals surface area contributed by atoms with Crippen molar-refractivity contribution in [1.82, 2.24) is 0 Å². The minimum Gasteiger partial charge on any atom is -0.493 e. The molecule has 7 heteroatoms. The molecule has 0 aliphatic heterocycles. The first-order valence-corrected chi connectivity index (χ1v) is 5.87. The van der Waals surface area contributed by atoms with E-state index in [4.69, 9.17) is 34.3 Å². The van der Waals surface area contributed by atoms with E-state index in [9.17, 15) is 13.2 Å². The molecule has 0 saturated heterocycles. The zero-order chi connectivity index (χ0) is 13.8. The van der Waals surface area contributed by atoms with Crippen molar-refractivity contribution >= 4 is 28.8 Å². The topological polar surface area (TPSA) is 35.2 Å². The number of benzene rings is 1. The largest absolute Gasteiger partial charge is 0.493 e. The molecular weight excluding hydrogens is 287 g/mol. The lowest BCUT2D eigenvalue weighted by molar-refractivity contribution is -0.136. The second-order valence-electron chi connectivity index (χ2n) is 3.57. The van der Waals surface area contributed by atoms with Gasteiger partial charge in [-0.3, -0.25) is 0 Å².